The van der Waals surface area contributed by atoms with Crippen LogP contribution in [0.15, 0.2) is 53.6 Å². The Balaban J connectivity index is 2.04. The van der Waals surface area contributed by atoms with Crippen LogP contribution in [0.1, 0.15) is 11.3 Å². The molecule has 0 saturated heterocycles. The van der Waals surface area contributed by atoms with Crippen LogP contribution in [-0.2, 0) is 23.0 Å². The van der Waals surface area contributed by atoms with Crippen LogP contribution in [0.25, 0.3) is 0 Å². The van der Waals surface area contributed by atoms with Gasteiger partial charge in [0.25, 0.3) is 0 Å². The van der Waals surface area contributed by atoms with Crippen molar-refractivity contribution in [3.8, 4) is 0 Å². The summed E-state index contributed by atoms with van der Waals surface area (Å²) in [6.45, 7) is 0.496. The lowest BCUT2D eigenvalue weighted by Gasteiger charge is -2.10. The van der Waals surface area contributed by atoms with E-state index in [-0.39, 0.29) is 11.4 Å². The number of pyridine rings is 1. The maximum Gasteiger partial charge on any atom is 0.240 e. The molecule has 20 heavy (non-hydrogen) atoms. The molecular formula is C14H17N3O2S. The predicted octanol–water partition coefficient (Wildman–Crippen LogP) is 1.06. The molecule has 0 aliphatic carbocycles. The zero-order valence-corrected chi connectivity index (χ0v) is 11.8. The van der Waals surface area contributed by atoms with E-state index < -0.39 is 10.0 Å². The molecule has 0 atom stereocenters. The number of benzene rings is 1. The first-order valence-corrected chi connectivity index (χ1v) is 7.79. The van der Waals surface area contributed by atoms with Gasteiger partial charge in [0, 0.05) is 31.4 Å². The molecule has 0 spiro atoms. The minimum Gasteiger partial charge on any atom is -0.326 e. The highest BCUT2D eigenvalue weighted by molar-refractivity contribution is 7.89. The molecule has 3 N–H and O–H groups in total. The van der Waals surface area contributed by atoms with Gasteiger partial charge in [-0.05, 0) is 23.8 Å². The molecule has 0 radical (unpaired) electrons. The van der Waals surface area contributed by atoms with E-state index in [1.165, 1.54) is 0 Å². The highest BCUT2D eigenvalue weighted by atomic mass is 32.2. The van der Waals surface area contributed by atoms with Crippen LogP contribution in [0, 0.1) is 0 Å². The van der Waals surface area contributed by atoms with E-state index in [9.17, 15) is 8.42 Å². The van der Waals surface area contributed by atoms with Crippen molar-refractivity contribution in [2.24, 2.45) is 5.73 Å². The van der Waals surface area contributed by atoms with E-state index >= 15 is 0 Å². The number of nitrogens with two attached hydrogens (primary N) is 1. The van der Waals surface area contributed by atoms with Crippen LogP contribution in [0.2, 0.25) is 0 Å². The summed E-state index contributed by atoms with van der Waals surface area (Å²) in [7, 11) is -3.53. The molecule has 1 aromatic heterocycles. The summed E-state index contributed by atoms with van der Waals surface area (Å²) in [6, 6.07) is 12.3. The van der Waals surface area contributed by atoms with Gasteiger partial charge in [-0.25, -0.2) is 13.1 Å². The van der Waals surface area contributed by atoms with Crippen LogP contribution < -0.4 is 10.5 Å². The summed E-state index contributed by atoms with van der Waals surface area (Å²) in [5, 5.41) is 0. The molecule has 6 heteroatoms. The van der Waals surface area contributed by atoms with Crippen molar-refractivity contribution in [1.82, 2.24) is 9.71 Å². The van der Waals surface area contributed by atoms with Crippen LogP contribution >= 0.6 is 0 Å². The number of hydrogen-bond donors (Lipinski definition) is 2. The Kier molecular flexibility index (Phi) is 4.84. The largest absolute Gasteiger partial charge is 0.326 e. The van der Waals surface area contributed by atoms with Crippen LogP contribution in [0.3, 0.4) is 0 Å². The SMILES string of the molecule is NCc1ccccc1S(=O)(=O)NCCc1ccccn1. The molecule has 0 aliphatic rings. The highest BCUT2D eigenvalue weighted by Gasteiger charge is 2.16. The van der Waals surface area contributed by atoms with Gasteiger partial charge in [0.05, 0.1) is 4.90 Å². The smallest absolute Gasteiger partial charge is 0.240 e. The molecule has 1 aromatic carbocycles. The quantitative estimate of drug-likeness (QED) is 0.833. The first-order chi connectivity index (χ1) is 9.63. The standard InChI is InChI=1S/C14H17N3O2S/c15-11-12-5-1-2-7-14(12)20(18,19)17-10-8-13-6-3-4-9-16-13/h1-7,9,17H,8,10-11,15H2. The minimum atomic E-state index is -3.53. The molecule has 2 rings (SSSR count). The van der Waals surface area contributed by atoms with Gasteiger partial charge >= 0.3 is 0 Å². The third kappa shape index (κ3) is 3.63. The van der Waals surface area contributed by atoms with Crippen molar-refractivity contribution < 1.29 is 8.42 Å². The normalized spacial score (nSPS) is 11.4. The van der Waals surface area contributed by atoms with Crippen LogP contribution in [0.4, 0.5) is 0 Å². The third-order valence-corrected chi connectivity index (χ3v) is 4.44. The third-order valence-electron chi connectivity index (χ3n) is 2.88. The number of hydrogen-bond acceptors (Lipinski definition) is 4. The zero-order chi connectivity index (χ0) is 14.4. The highest BCUT2D eigenvalue weighted by Crippen LogP contribution is 2.14. The molecule has 0 saturated carbocycles. The summed E-state index contributed by atoms with van der Waals surface area (Å²) in [6.07, 6.45) is 2.23. The fourth-order valence-corrected chi connectivity index (χ4v) is 3.15. The van der Waals surface area contributed by atoms with E-state index in [4.69, 9.17) is 5.73 Å². The van der Waals surface area contributed by atoms with E-state index in [1.54, 1.807) is 30.5 Å². The molecule has 0 unspecified atom stereocenters. The minimum absolute atomic E-state index is 0.192. The summed E-state index contributed by atoms with van der Waals surface area (Å²) >= 11 is 0. The van der Waals surface area contributed by atoms with Crippen molar-refractivity contribution in [3.63, 3.8) is 0 Å². The second-order valence-corrected chi connectivity index (χ2v) is 6.02. The van der Waals surface area contributed by atoms with Gasteiger partial charge in [0.2, 0.25) is 10.0 Å². The topological polar surface area (TPSA) is 85.1 Å². The Bertz CT molecular complexity index is 657. The summed E-state index contributed by atoms with van der Waals surface area (Å²) in [5.74, 6) is 0. The number of nitrogens with zero attached hydrogens (tertiary/aromatic N) is 1. The van der Waals surface area contributed by atoms with E-state index in [0.29, 0.717) is 18.5 Å². The van der Waals surface area contributed by atoms with Crippen molar-refractivity contribution in [3.05, 3.63) is 59.9 Å². The van der Waals surface area contributed by atoms with E-state index in [0.717, 1.165) is 5.69 Å². The van der Waals surface area contributed by atoms with Crippen molar-refractivity contribution >= 4 is 10.0 Å². The Morgan fingerprint density at radius 3 is 2.55 bits per heavy atom. The van der Waals surface area contributed by atoms with Gasteiger partial charge < -0.3 is 5.73 Å². The second kappa shape index (κ2) is 6.60. The van der Waals surface area contributed by atoms with Gasteiger partial charge in [-0.3, -0.25) is 4.98 Å². The fourth-order valence-electron chi connectivity index (χ4n) is 1.87. The van der Waals surface area contributed by atoms with Gasteiger partial charge in [-0.1, -0.05) is 24.3 Å². The van der Waals surface area contributed by atoms with Crippen molar-refractivity contribution in [2.45, 2.75) is 17.9 Å². The molecular weight excluding hydrogens is 274 g/mol. The van der Waals surface area contributed by atoms with Crippen molar-refractivity contribution in [2.75, 3.05) is 6.54 Å². The molecule has 2 aromatic rings. The number of aromatic nitrogens is 1. The summed E-state index contributed by atoms with van der Waals surface area (Å²) in [4.78, 5) is 4.39. The maximum atomic E-state index is 12.2. The molecule has 106 valence electrons. The first-order valence-electron chi connectivity index (χ1n) is 6.31. The monoisotopic (exact) mass is 291 g/mol. The lowest BCUT2D eigenvalue weighted by molar-refractivity contribution is 0.580. The molecule has 0 amide bonds. The van der Waals surface area contributed by atoms with Gasteiger partial charge in [-0.2, -0.15) is 0 Å². The van der Waals surface area contributed by atoms with E-state index in [1.807, 2.05) is 18.2 Å². The number of nitrogens with one attached hydrogen (secondary N) is 1. The average molecular weight is 291 g/mol. The average Bonchev–Trinajstić information content (AvgIpc) is 2.48. The van der Waals surface area contributed by atoms with Gasteiger partial charge in [0.15, 0.2) is 0 Å². The second-order valence-electron chi connectivity index (χ2n) is 4.28. The fraction of sp³-hybridized carbons (Fsp3) is 0.214. The Hall–Kier alpha value is -1.76. The number of rotatable bonds is 6. The van der Waals surface area contributed by atoms with Gasteiger partial charge in [-0.15, -0.1) is 0 Å². The lowest BCUT2D eigenvalue weighted by atomic mass is 10.2. The molecule has 0 fully saturated rings. The molecule has 5 nitrogen and oxygen atoms in total. The molecule has 1 heterocycles. The van der Waals surface area contributed by atoms with Crippen LogP contribution in [-0.4, -0.2) is 19.9 Å². The number of sulfonamides is 1. The predicted molar refractivity (Wildman–Crippen MR) is 77.5 cm³/mol. The maximum absolute atomic E-state index is 12.2. The lowest BCUT2D eigenvalue weighted by Crippen LogP contribution is -2.27. The van der Waals surface area contributed by atoms with Gasteiger partial charge in [0.1, 0.15) is 0 Å². The van der Waals surface area contributed by atoms with Crippen molar-refractivity contribution in [1.29, 1.82) is 0 Å². The first kappa shape index (κ1) is 14.6. The van der Waals surface area contributed by atoms with E-state index in [2.05, 4.69) is 9.71 Å². The molecule has 0 bridgehead atoms. The Morgan fingerprint density at radius 2 is 1.85 bits per heavy atom. The van der Waals surface area contributed by atoms with Crippen LogP contribution in [0.5, 0.6) is 0 Å². The Labute approximate surface area is 118 Å². The zero-order valence-electron chi connectivity index (χ0n) is 11.0. The summed E-state index contributed by atoms with van der Waals surface area (Å²) < 4.78 is 27.0. The molecule has 0 aliphatic heterocycles. The Morgan fingerprint density at radius 1 is 1.10 bits per heavy atom. The summed E-state index contributed by atoms with van der Waals surface area (Å²) in [5.41, 5.74) is 7.02.